The van der Waals surface area contributed by atoms with E-state index in [0.717, 1.165) is 11.3 Å². The molecule has 1 atom stereocenters. The predicted octanol–water partition coefficient (Wildman–Crippen LogP) is 3.15. The Kier molecular flexibility index (Phi) is 4.42. The first-order valence-electron chi connectivity index (χ1n) is 6.46. The SMILES string of the molecule is Cc1ccc(CNC(C)c2ccccn2)cc1[N+](=O)[O-]. The molecule has 0 aliphatic heterocycles. The normalized spacial score (nSPS) is 12.1. The monoisotopic (exact) mass is 271 g/mol. The highest BCUT2D eigenvalue weighted by Gasteiger charge is 2.11. The van der Waals surface area contributed by atoms with Crippen molar-refractivity contribution in [3.63, 3.8) is 0 Å². The number of nitrogens with zero attached hydrogens (tertiary/aromatic N) is 2. The van der Waals surface area contributed by atoms with Gasteiger partial charge >= 0.3 is 0 Å². The second kappa shape index (κ2) is 6.25. The molecule has 0 spiro atoms. The minimum atomic E-state index is -0.346. The van der Waals surface area contributed by atoms with Crippen LogP contribution in [-0.2, 0) is 6.54 Å². The van der Waals surface area contributed by atoms with Gasteiger partial charge in [-0.2, -0.15) is 0 Å². The molecule has 0 radical (unpaired) electrons. The number of aromatic nitrogens is 1. The van der Waals surface area contributed by atoms with Gasteiger partial charge in [0.15, 0.2) is 0 Å². The first-order chi connectivity index (χ1) is 9.58. The molecule has 0 bridgehead atoms. The van der Waals surface area contributed by atoms with Crippen molar-refractivity contribution >= 4 is 5.69 Å². The molecule has 20 heavy (non-hydrogen) atoms. The van der Waals surface area contributed by atoms with Gasteiger partial charge in [-0.15, -0.1) is 0 Å². The third-order valence-electron chi connectivity index (χ3n) is 3.21. The van der Waals surface area contributed by atoms with E-state index in [1.807, 2.05) is 31.2 Å². The van der Waals surface area contributed by atoms with E-state index >= 15 is 0 Å². The fourth-order valence-corrected chi connectivity index (χ4v) is 1.97. The van der Waals surface area contributed by atoms with Crippen LogP contribution in [-0.4, -0.2) is 9.91 Å². The number of hydrogen-bond acceptors (Lipinski definition) is 4. The summed E-state index contributed by atoms with van der Waals surface area (Å²) in [4.78, 5) is 14.8. The van der Waals surface area contributed by atoms with Crippen LogP contribution in [0.2, 0.25) is 0 Å². The lowest BCUT2D eigenvalue weighted by atomic mass is 10.1. The molecular formula is C15H17N3O2. The number of nitro groups is 1. The predicted molar refractivity (Wildman–Crippen MR) is 77.3 cm³/mol. The molecule has 1 heterocycles. The van der Waals surface area contributed by atoms with Crippen molar-refractivity contribution in [1.82, 2.24) is 10.3 Å². The van der Waals surface area contributed by atoms with Crippen molar-refractivity contribution in [3.8, 4) is 0 Å². The summed E-state index contributed by atoms with van der Waals surface area (Å²) < 4.78 is 0. The summed E-state index contributed by atoms with van der Waals surface area (Å²) in [7, 11) is 0. The van der Waals surface area contributed by atoms with E-state index in [4.69, 9.17) is 0 Å². The molecule has 104 valence electrons. The standard InChI is InChI=1S/C15H17N3O2/c1-11-6-7-13(9-15(11)18(19)20)10-17-12(2)14-5-3-4-8-16-14/h3-9,12,17H,10H2,1-2H3. The largest absolute Gasteiger partial charge is 0.305 e. The van der Waals surface area contributed by atoms with Gasteiger partial charge in [0, 0.05) is 30.4 Å². The summed E-state index contributed by atoms with van der Waals surface area (Å²) in [5.41, 5.74) is 2.69. The van der Waals surface area contributed by atoms with Gasteiger partial charge in [0.1, 0.15) is 0 Å². The minimum absolute atomic E-state index is 0.0940. The zero-order valence-electron chi connectivity index (χ0n) is 11.5. The van der Waals surface area contributed by atoms with Crippen LogP contribution >= 0.6 is 0 Å². The van der Waals surface area contributed by atoms with Gasteiger partial charge in [-0.05, 0) is 31.5 Å². The molecule has 1 aromatic carbocycles. The fourth-order valence-electron chi connectivity index (χ4n) is 1.97. The Balaban J connectivity index is 2.04. The van der Waals surface area contributed by atoms with Crippen molar-refractivity contribution in [2.45, 2.75) is 26.4 Å². The third-order valence-corrected chi connectivity index (χ3v) is 3.21. The average Bonchev–Trinajstić information content (AvgIpc) is 2.46. The third kappa shape index (κ3) is 3.39. The molecule has 0 fully saturated rings. The number of rotatable bonds is 5. The van der Waals surface area contributed by atoms with Crippen LogP contribution in [0.4, 0.5) is 5.69 Å². The van der Waals surface area contributed by atoms with Gasteiger partial charge in [0.2, 0.25) is 0 Å². The van der Waals surface area contributed by atoms with Crippen molar-refractivity contribution < 1.29 is 4.92 Å². The molecule has 2 aromatic rings. The molecule has 5 nitrogen and oxygen atoms in total. The molecule has 0 saturated carbocycles. The van der Waals surface area contributed by atoms with Gasteiger partial charge in [0.05, 0.1) is 10.6 Å². The molecule has 1 aromatic heterocycles. The lowest BCUT2D eigenvalue weighted by molar-refractivity contribution is -0.385. The van der Waals surface area contributed by atoms with Crippen molar-refractivity contribution in [2.24, 2.45) is 0 Å². The van der Waals surface area contributed by atoms with E-state index in [1.54, 1.807) is 25.3 Å². The number of aryl methyl sites for hydroxylation is 1. The highest BCUT2D eigenvalue weighted by Crippen LogP contribution is 2.19. The molecule has 0 amide bonds. The van der Waals surface area contributed by atoms with Gasteiger partial charge in [-0.1, -0.05) is 18.2 Å². The van der Waals surface area contributed by atoms with Gasteiger partial charge < -0.3 is 5.32 Å². The summed E-state index contributed by atoms with van der Waals surface area (Å²) >= 11 is 0. The molecule has 0 aliphatic carbocycles. The second-order valence-electron chi connectivity index (χ2n) is 4.74. The lowest BCUT2D eigenvalue weighted by Gasteiger charge is -2.13. The number of nitro benzene ring substituents is 1. The highest BCUT2D eigenvalue weighted by molar-refractivity contribution is 5.42. The van der Waals surface area contributed by atoms with Crippen molar-refractivity contribution in [1.29, 1.82) is 0 Å². The van der Waals surface area contributed by atoms with Crippen LogP contribution in [0.25, 0.3) is 0 Å². The van der Waals surface area contributed by atoms with Gasteiger partial charge in [-0.25, -0.2) is 0 Å². The van der Waals surface area contributed by atoms with Crippen LogP contribution in [0.1, 0.15) is 29.8 Å². The maximum absolute atomic E-state index is 10.9. The molecule has 1 unspecified atom stereocenters. The first kappa shape index (κ1) is 14.1. The number of hydrogen-bond donors (Lipinski definition) is 1. The molecule has 5 heteroatoms. The van der Waals surface area contributed by atoms with E-state index in [9.17, 15) is 10.1 Å². The second-order valence-corrected chi connectivity index (χ2v) is 4.74. The van der Waals surface area contributed by atoms with Crippen LogP contribution in [0.5, 0.6) is 0 Å². The summed E-state index contributed by atoms with van der Waals surface area (Å²) in [6, 6.07) is 11.2. The topological polar surface area (TPSA) is 68.1 Å². The minimum Gasteiger partial charge on any atom is -0.305 e. The molecule has 2 rings (SSSR count). The Morgan fingerprint density at radius 2 is 2.15 bits per heavy atom. The smallest absolute Gasteiger partial charge is 0.272 e. The van der Waals surface area contributed by atoms with Gasteiger partial charge in [-0.3, -0.25) is 15.1 Å². The quantitative estimate of drug-likeness (QED) is 0.670. The molecule has 1 N–H and O–H groups in total. The number of pyridine rings is 1. The zero-order valence-corrected chi connectivity index (χ0v) is 11.5. The molecule has 0 aliphatic rings. The van der Waals surface area contributed by atoms with Crippen molar-refractivity contribution in [2.75, 3.05) is 0 Å². The van der Waals surface area contributed by atoms with Crippen LogP contribution < -0.4 is 5.32 Å². The van der Waals surface area contributed by atoms with E-state index < -0.39 is 0 Å². The fraction of sp³-hybridized carbons (Fsp3) is 0.267. The maximum atomic E-state index is 10.9. The Labute approximate surface area is 117 Å². The Bertz CT molecular complexity index is 599. The van der Waals surface area contributed by atoms with Crippen LogP contribution in [0, 0.1) is 17.0 Å². The number of benzene rings is 1. The van der Waals surface area contributed by atoms with Crippen LogP contribution in [0.15, 0.2) is 42.6 Å². The van der Waals surface area contributed by atoms with E-state index in [2.05, 4.69) is 10.3 Å². The number of nitrogens with one attached hydrogen (secondary N) is 1. The van der Waals surface area contributed by atoms with Crippen LogP contribution in [0.3, 0.4) is 0 Å². The molecule has 0 saturated heterocycles. The Hall–Kier alpha value is -2.27. The summed E-state index contributed by atoms with van der Waals surface area (Å²) in [5.74, 6) is 0. The highest BCUT2D eigenvalue weighted by atomic mass is 16.6. The Morgan fingerprint density at radius 3 is 2.80 bits per heavy atom. The first-order valence-corrected chi connectivity index (χ1v) is 6.46. The lowest BCUT2D eigenvalue weighted by Crippen LogP contribution is -2.19. The van der Waals surface area contributed by atoms with E-state index in [1.165, 1.54) is 0 Å². The Morgan fingerprint density at radius 1 is 1.35 bits per heavy atom. The molecular weight excluding hydrogens is 254 g/mol. The maximum Gasteiger partial charge on any atom is 0.272 e. The summed E-state index contributed by atoms with van der Waals surface area (Å²) in [5, 5.41) is 14.2. The van der Waals surface area contributed by atoms with Crippen molar-refractivity contribution in [3.05, 3.63) is 69.5 Å². The zero-order chi connectivity index (χ0) is 14.5. The average molecular weight is 271 g/mol. The van der Waals surface area contributed by atoms with Gasteiger partial charge in [0.25, 0.3) is 5.69 Å². The summed E-state index contributed by atoms with van der Waals surface area (Å²) in [6.07, 6.45) is 1.75. The van der Waals surface area contributed by atoms with E-state index in [-0.39, 0.29) is 16.7 Å². The van der Waals surface area contributed by atoms with E-state index in [0.29, 0.717) is 12.1 Å². The summed E-state index contributed by atoms with van der Waals surface area (Å²) in [6.45, 7) is 4.33.